The number of hydrogen-bond acceptors (Lipinski definition) is 5. The average molecular weight is 386 g/mol. The topological polar surface area (TPSA) is 102 Å². The van der Waals surface area contributed by atoms with Crippen molar-refractivity contribution in [1.29, 1.82) is 0 Å². The molecule has 0 radical (unpaired) electrons. The number of aliphatic hydroxyl groups excluding tert-OH is 1. The summed E-state index contributed by atoms with van der Waals surface area (Å²) in [5.41, 5.74) is 0.0748. The highest BCUT2D eigenvalue weighted by atomic mass is 16.3. The summed E-state index contributed by atoms with van der Waals surface area (Å²) in [4.78, 5) is 40.4. The van der Waals surface area contributed by atoms with E-state index in [1.54, 1.807) is 31.2 Å². The number of imide groups is 1. The van der Waals surface area contributed by atoms with Crippen LogP contribution in [0.1, 0.15) is 42.1 Å². The maximum atomic E-state index is 12.8. The molecule has 2 saturated heterocycles. The number of hydrogen-bond donors (Lipinski definition) is 3. The van der Waals surface area contributed by atoms with Gasteiger partial charge in [0.25, 0.3) is 11.8 Å². The van der Waals surface area contributed by atoms with Crippen LogP contribution in [0.4, 0.5) is 4.79 Å². The van der Waals surface area contributed by atoms with E-state index in [9.17, 15) is 19.5 Å². The molecule has 0 aromatic heterocycles. The maximum absolute atomic E-state index is 12.8. The molecule has 1 aromatic rings. The third kappa shape index (κ3) is 3.27. The van der Waals surface area contributed by atoms with Crippen molar-refractivity contribution < 1.29 is 19.5 Å². The number of aliphatic hydroxyl groups is 1. The standard InChI is InChI=1S/C20H26N4O4/c1-20(18(27)21-19(28)22-20)14-7-5-13(6-8-14)17(26)24-11-9-23(10-12-24)15-3-2-4-16(15)25/h5-8,15-16,25H,2-4,9-12H2,1H3,(H2,21,22,27,28). The van der Waals surface area contributed by atoms with Crippen molar-refractivity contribution in [2.75, 3.05) is 26.2 Å². The second-order valence-corrected chi connectivity index (χ2v) is 8.00. The molecule has 2 heterocycles. The molecule has 4 rings (SSSR count). The summed E-state index contributed by atoms with van der Waals surface area (Å²) in [6, 6.07) is 6.54. The van der Waals surface area contributed by atoms with Crippen molar-refractivity contribution >= 4 is 17.8 Å². The van der Waals surface area contributed by atoms with Crippen LogP contribution in [0.5, 0.6) is 0 Å². The van der Waals surface area contributed by atoms with Gasteiger partial charge in [0, 0.05) is 37.8 Å². The van der Waals surface area contributed by atoms with Crippen LogP contribution in [0, 0.1) is 0 Å². The zero-order chi connectivity index (χ0) is 19.9. The first-order chi connectivity index (χ1) is 13.4. The summed E-state index contributed by atoms with van der Waals surface area (Å²) in [7, 11) is 0. The molecule has 1 aromatic carbocycles. The van der Waals surface area contributed by atoms with Gasteiger partial charge < -0.3 is 15.3 Å². The van der Waals surface area contributed by atoms with Gasteiger partial charge in [-0.05, 0) is 43.9 Å². The van der Waals surface area contributed by atoms with E-state index in [1.165, 1.54) is 0 Å². The Morgan fingerprint density at radius 3 is 2.32 bits per heavy atom. The SMILES string of the molecule is CC1(c2ccc(C(=O)N3CCN(C4CCCC4O)CC3)cc2)NC(=O)NC1=O. The number of nitrogens with zero attached hydrogens (tertiary/aromatic N) is 2. The van der Waals surface area contributed by atoms with Gasteiger partial charge in [0.2, 0.25) is 0 Å². The lowest BCUT2D eigenvalue weighted by Crippen LogP contribution is -2.53. The first kappa shape index (κ1) is 18.9. The van der Waals surface area contributed by atoms with Crippen LogP contribution in [0.15, 0.2) is 24.3 Å². The number of carbonyl (C=O) groups is 3. The lowest BCUT2D eigenvalue weighted by Gasteiger charge is -2.39. The summed E-state index contributed by atoms with van der Waals surface area (Å²) >= 11 is 0. The molecule has 3 unspecified atom stereocenters. The van der Waals surface area contributed by atoms with Gasteiger partial charge in [0.15, 0.2) is 0 Å². The summed E-state index contributed by atoms with van der Waals surface area (Å²) in [5, 5.41) is 15.0. The van der Waals surface area contributed by atoms with E-state index in [4.69, 9.17) is 0 Å². The Kier molecular flexibility index (Phi) is 4.84. The number of benzene rings is 1. The third-order valence-corrected chi connectivity index (χ3v) is 6.27. The van der Waals surface area contributed by atoms with Gasteiger partial charge in [-0.3, -0.25) is 19.8 Å². The summed E-state index contributed by atoms with van der Waals surface area (Å²) < 4.78 is 0. The summed E-state index contributed by atoms with van der Waals surface area (Å²) in [6.07, 6.45) is 2.71. The van der Waals surface area contributed by atoms with Crippen LogP contribution in [0.2, 0.25) is 0 Å². The quantitative estimate of drug-likeness (QED) is 0.653. The highest BCUT2D eigenvalue weighted by Gasteiger charge is 2.43. The first-order valence-electron chi connectivity index (χ1n) is 9.84. The van der Waals surface area contributed by atoms with E-state index in [0.717, 1.165) is 32.4 Å². The van der Waals surface area contributed by atoms with Crippen LogP contribution < -0.4 is 10.6 Å². The molecular weight excluding hydrogens is 360 g/mol. The number of piperazine rings is 1. The molecule has 150 valence electrons. The predicted molar refractivity (Wildman–Crippen MR) is 102 cm³/mol. The van der Waals surface area contributed by atoms with Gasteiger partial charge in [-0.2, -0.15) is 0 Å². The minimum absolute atomic E-state index is 0.0387. The Morgan fingerprint density at radius 2 is 1.79 bits per heavy atom. The van der Waals surface area contributed by atoms with E-state index in [0.29, 0.717) is 24.2 Å². The Morgan fingerprint density at radius 1 is 1.11 bits per heavy atom. The molecule has 3 N–H and O–H groups in total. The van der Waals surface area contributed by atoms with Crippen LogP contribution in [0.25, 0.3) is 0 Å². The number of amides is 4. The smallest absolute Gasteiger partial charge is 0.322 e. The second kappa shape index (κ2) is 7.18. The number of urea groups is 1. The largest absolute Gasteiger partial charge is 0.391 e. The fourth-order valence-corrected chi connectivity index (χ4v) is 4.48. The molecule has 0 spiro atoms. The fourth-order valence-electron chi connectivity index (χ4n) is 4.48. The van der Waals surface area contributed by atoms with Crippen LogP contribution in [0.3, 0.4) is 0 Å². The molecule has 28 heavy (non-hydrogen) atoms. The van der Waals surface area contributed by atoms with E-state index in [-0.39, 0.29) is 18.1 Å². The van der Waals surface area contributed by atoms with Gasteiger partial charge in [-0.25, -0.2) is 4.79 Å². The molecular formula is C20H26N4O4. The lowest BCUT2D eigenvalue weighted by molar-refractivity contribution is -0.123. The number of carbonyl (C=O) groups excluding carboxylic acids is 3. The van der Waals surface area contributed by atoms with Gasteiger partial charge in [0.1, 0.15) is 5.54 Å². The van der Waals surface area contributed by atoms with E-state index < -0.39 is 17.5 Å². The predicted octanol–water partition coefficient (Wildman–Crippen LogP) is 0.412. The van der Waals surface area contributed by atoms with Crippen molar-refractivity contribution in [2.45, 2.75) is 43.9 Å². The molecule has 8 heteroatoms. The van der Waals surface area contributed by atoms with Crippen LogP contribution in [-0.2, 0) is 10.3 Å². The van der Waals surface area contributed by atoms with Gasteiger partial charge in [-0.15, -0.1) is 0 Å². The fraction of sp³-hybridized carbons (Fsp3) is 0.550. The van der Waals surface area contributed by atoms with E-state index in [1.807, 2.05) is 4.90 Å². The molecule has 0 bridgehead atoms. The maximum Gasteiger partial charge on any atom is 0.322 e. The molecule has 1 saturated carbocycles. The highest BCUT2D eigenvalue weighted by molar-refractivity contribution is 6.07. The van der Waals surface area contributed by atoms with Gasteiger partial charge >= 0.3 is 6.03 Å². The second-order valence-electron chi connectivity index (χ2n) is 8.00. The van der Waals surface area contributed by atoms with Crippen molar-refractivity contribution in [3.63, 3.8) is 0 Å². The van der Waals surface area contributed by atoms with Crippen molar-refractivity contribution in [1.82, 2.24) is 20.4 Å². The highest BCUT2D eigenvalue weighted by Crippen LogP contribution is 2.26. The van der Waals surface area contributed by atoms with Crippen molar-refractivity contribution in [3.8, 4) is 0 Å². The Balaban J connectivity index is 1.39. The zero-order valence-electron chi connectivity index (χ0n) is 16.0. The number of nitrogens with one attached hydrogen (secondary N) is 2. The summed E-state index contributed by atoms with van der Waals surface area (Å²) in [6.45, 7) is 4.46. The van der Waals surface area contributed by atoms with Gasteiger partial charge in [-0.1, -0.05) is 12.1 Å². The molecule has 3 atom stereocenters. The minimum atomic E-state index is -1.12. The molecule has 3 aliphatic rings. The zero-order valence-corrected chi connectivity index (χ0v) is 16.0. The van der Waals surface area contributed by atoms with Crippen LogP contribution in [-0.4, -0.2) is 71.1 Å². The first-order valence-corrected chi connectivity index (χ1v) is 9.84. The Hall–Kier alpha value is -2.45. The van der Waals surface area contributed by atoms with Gasteiger partial charge in [0.05, 0.1) is 6.10 Å². The molecule has 1 aliphatic carbocycles. The molecule has 8 nitrogen and oxygen atoms in total. The van der Waals surface area contributed by atoms with E-state index >= 15 is 0 Å². The monoisotopic (exact) mass is 386 g/mol. The van der Waals surface area contributed by atoms with E-state index in [2.05, 4.69) is 15.5 Å². The van der Waals surface area contributed by atoms with Crippen LogP contribution >= 0.6 is 0 Å². The Bertz CT molecular complexity index is 788. The number of rotatable bonds is 3. The Labute approximate surface area is 163 Å². The minimum Gasteiger partial charge on any atom is -0.391 e. The molecule has 2 aliphatic heterocycles. The summed E-state index contributed by atoms with van der Waals surface area (Å²) in [5.74, 6) is -0.440. The third-order valence-electron chi connectivity index (χ3n) is 6.27. The lowest BCUT2D eigenvalue weighted by atomic mass is 9.91. The van der Waals surface area contributed by atoms with Crippen molar-refractivity contribution in [3.05, 3.63) is 35.4 Å². The van der Waals surface area contributed by atoms with Crippen molar-refractivity contribution in [2.24, 2.45) is 0 Å². The molecule has 3 fully saturated rings. The molecule has 4 amide bonds. The average Bonchev–Trinajstić information content (AvgIpc) is 3.24. The normalized spacial score (nSPS) is 31.0.